The summed E-state index contributed by atoms with van der Waals surface area (Å²) in [5, 5.41) is 10.4. The predicted molar refractivity (Wildman–Crippen MR) is 85.1 cm³/mol. The molecule has 0 amide bonds. The number of aryl methyl sites for hydroxylation is 1. The standard InChI is InChI=1S/C15H27ClN2S/c1-3-4-5-6-7-8-9-10-11-12-14-17-18-15(19-14)13(2)16/h13H,3-12H2,1-2H3. The predicted octanol–water partition coefficient (Wildman–Crippen LogP) is 5.91. The maximum atomic E-state index is 5.98. The van der Waals surface area contributed by atoms with Crippen molar-refractivity contribution in [1.82, 2.24) is 10.2 Å². The molecule has 0 saturated heterocycles. The summed E-state index contributed by atoms with van der Waals surface area (Å²) in [6.45, 7) is 4.22. The van der Waals surface area contributed by atoms with Crippen LogP contribution in [0.2, 0.25) is 0 Å². The molecule has 110 valence electrons. The lowest BCUT2D eigenvalue weighted by molar-refractivity contribution is 0.564. The van der Waals surface area contributed by atoms with Gasteiger partial charge in [0.2, 0.25) is 0 Å². The minimum absolute atomic E-state index is 0.00521. The molecule has 1 unspecified atom stereocenters. The molecule has 0 fully saturated rings. The van der Waals surface area contributed by atoms with Crippen molar-refractivity contribution in [2.45, 2.75) is 83.4 Å². The number of unbranched alkanes of at least 4 members (excludes halogenated alkanes) is 8. The van der Waals surface area contributed by atoms with Gasteiger partial charge in [0.25, 0.3) is 0 Å². The number of nitrogens with zero attached hydrogens (tertiary/aromatic N) is 2. The van der Waals surface area contributed by atoms with Crippen molar-refractivity contribution in [3.05, 3.63) is 10.0 Å². The first-order valence-corrected chi connectivity index (χ1v) is 8.95. The molecule has 2 nitrogen and oxygen atoms in total. The molecule has 1 heterocycles. The van der Waals surface area contributed by atoms with Crippen LogP contribution in [0, 0.1) is 0 Å². The second kappa shape index (κ2) is 10.6. The molecule has 1 atom stereocenters. The average Bonchev–Trinajstić information content (AvgIpc) is 2.86. The molecule has 4 heteroatoms. The molecule has 1 aromatic heterocycles. The van der Waals surface area contributed by atoms with Gasteiger partial charge in [-0.15, -0.1) is 21.8 Å². The summed E-state index contributed by atoms with van der Waals surface area (Å²) in [7, 11) is 0. The number of halogens is 1. The zero-order chi connectivity index (χ0) is 13.9. The fourth-order valence-corrected chi connectivity index (χ4v) is 3.11. The minimum Gasteiger partial charge on any atom is -0.144 e. The van der Waals surface area contributed by atoms with Gasteiger partial charge in [0.05, 0.1) is 5.38 Å². The van der Waals surface area contributed by atoms with E-state index in [2.05, 4.69) is 17.1 Å². The van der Waals surface area contributed by atoms with Crippen molar-refractivity contribution in [2.75, 3.05) is 0 Å². The fraction of sp³-hybridized carbons (Fsp3) is 0.867. The van der Waals surface area contributed by atoms with Crippen molar-refractivity contribution in [1.29, 1.82) is 0 Å². The second-order valence-electron chi connectivity index (χ2n) is 5.23. The van der Waals surface area contributed by atoms with Crippen LogP contribution in [-0.4, -0.2) is 10.2 Å². The number of hydrogen-bond donors (Lipinski definition) is 0. The Morgan fingerprint density at radius 1 is 0.947 bits per heavy atom. The van der Waals surface area contributed by atoms with E-state index in [0.717, 1.165) is 16.4 Å². The summed E-state index contributed by atoms with van der Waals surface area (Å²) < 4.78 is 0. The van der Waals surface area contributed by atoms with Crippen molar-refractivity contribution < 1.29 is 0 Å². The van der Waals surface area contributed by atoms with Gasteiger partial charge < -0.3 is 0 Å². The molecule has 0 radical (unpaired) electrons. The topological polar surface area (TPSA) is 25.8 Å². The van der Waals surface area contributed by atoms with E-state index < -0.39 is 0 Å². The van der Waals surface area contributed by atoms with Crippen LogP contribution in [0.1, 0.15) is 87.0 Å². The maximum absolute atomic E-state index is 5.98. The number of rotatable bonds is 11. The molecule has 1 aromatic rings. The van der Waals surface area contributed by atoms with Crippen LogP contribution in [0.5, 0.6) is 0 Å². The molecule has 0 aliphatic rings. The summed E-state index contributed by atoms with van der Waals surface area (Å²) in [4.78, 5) is 0. The molecule has 19 heavy (non-hydrogen) atoms. The molecule has 1 rings (SSSR count). The lowest BCUT2D eigenvalue weighted by atomic mass is 10.1. The lowest BCUT2D eigenvalue weighted by Gasteiger charge is -2.00. The van der Waals surface area contributed by atoms with E-state index in [1.807, 2.05) is 6.92 Å². The molecule has 0 spiro atoms. The van der Waals surface area contributed by atoms with Crippen LogP contribution in [-0.2, 0) is 6.42 Å². The quantitative estimate of drug-likeness (QED) is 0.375. The first kappa shape index (κ1) is 16.9. The first-order chi connectivity index (χ1) is 9.24. The van der Waals surface area contributed by atoms with Gasteiger partial charge in [0.1, 0.15) is 10.0 Å². The molecule has 0 saturated carbocycles. The number of alkyl halides is 1. The number of aromatic nitrogens is 2. The Hall–Kier alpha value is -0.150. The van der Waals surface area contributed by atoms with Crippen LogP contribution in [0.4, 0.5) is 0 Å². The largest absolute Gasteiger partial charge is 0.144 e. The van der Waals surface area contributed by atoms with E-state index in [1.54, 1.807) is 11.3 Å². The van der Waals surface area contributed by atoms with Crippen molar-refractivity contribution >= 4 is 22.9 Å². The Kier molecular flexibility index (Phi) is 9.44. The summed E-state index contributed by atoms with van der Waals surface area (Å²) in [6, 6.07) is 0. The average molecular weight is 303 g/mol. The molecule has 0 N–H and O–H groups in total. The Labute approximate surface area is 127 Å². The smallest absolute Gasteiger partial charge is 0.135 e. The molecule has 0 aliphatic heterocycles. The lowest BCUT2D eigenvalue weighted by Crippen LogP contribution is -1.86. The Morgan fingerprint density at radius 2 is 1.53 bits per heavy atom. The van der Waals surface area contributed by atoms with Crippen LogP contribution in [0.25, 0.3) is 0 Å². The van der Waals surface area contributed by atoms with E-state index in [4.69, 9.17) is 11.6 Å². The van der Waals surface area contributed by atoms with E-state index >= 15 is 0 Å². The molecule has 0 aromatic carbocycles. The van der Waals surface area contributed by atoms with Crippen LogP contribution in [0.3, 0.4) is 0 Å². The third-order valence-electron chi connectivity index (χ3n) is 3.32. The van der Waals surface area contributed by atoms with Gasteiger partial charge in [0.15, 0.2) is 0 Å². The molecule has 0 bridgehead atoms. The molecule has 0 aliphatic carbocycles. The van der Waals surface area contributed by atoms with Gasteiger partial charge >= 0.3 is 0 Å². The highest BCUT2D eigenvalue weighted by Gasteiger charge is 2.08. The van der Waals surface area contributed by atoms with E-state index in [0.29, 0.717) is 0 Å². The Balaban J connectivity index is 1.95. The maximum Gasteiger partial charge on any atom is 0.135 e. The molecular weight excluding hydrogens is 276 g/mol. The van der Waals surface area contributed by atoms with Gasteiger partial charge in [-0.1, -0.05) is 69.6 Å². The first-order valence-electron chi connectivity index (χ1n) is 7.70. The highest BCUT2D eigenvalue weighted by Crippen LogP contribution is 2.23. The summed E-state index contributed by atoms with van der Waals surface area (Å²) >= 11 is 7.64. The van der Waals surface area contributed by atoms with Crippen molar-refractivity contribution in [2.24, 2.45) is 0 Å². The van der Waals surface area contributed by atoms with Gasteiger partial charge in [0, 0.05) is 6.42 Å². The van der Waals surface area contributed by atoms with Crippen LogP contribution in [0.15, 0.2) is 0 Å². The second-order valence-corrected chi connectivity index (χ2v) is 6.98. The Morgan fingerprint density at radius 3 is 2.05 bits per heavy atom. The SMILES string of the molecule is CCCCCCCCCCCc1nnc(C(C)Cl)s1. The zero-order valence-corrected chi connectivity index (χ0v) is 13.9. The third-order valence-corrected chi connectivity index (χ3v) is 4.82. The summed E-state index contributed by atoms with van der Waals surface area (Å²) in [6.07, 6.45) is 13.4. The van der Waals surface area contributed by atoms with E-state index in [-0.39, 0.29) is 5.38 Å². The minimum atomic E-state index is -0.00521. The van der Waals surface area contributed by atoms with E-state index in [1.165, 1.54) is 57.8 Å². The van der Waals surface area contributed by atoms with Gasteiger partial charge in [-0.2, -0.15) is 0 Å². The van der Waals surface area contributed by atoms with Gasteiger partial charge in [-0.25, -0.2) is 0 Å². The van der Waals surface area contributed by atoms with Crippen LogP contribution >= 0.6 is 22.9 Å². The molecular formula is C15H27ClN2S. The van der Waals surface area contributed by atoms with Gasteiger partial charge in [-0.3, -0.25) is 0 Å². The monoisotopic (exact) mass is 302 g/mol. The Bertz CT molecular complexity index is 326. The summed E-state index contributed by atoms with van der Waals surface area (Å²) in [5.74, 6) is 0. The summed E-state index contributed by atoms with van der Waals surface area (Å²) in [5.41, 5.74) is 0. The highest BCUT2D eigenvalue weighted by molar-refractivity contribution is 7.11. The van der Waals surface area contributed by atoms with Gasteiger partial charge in [-0.05, 0) is 13.3 Å². The highest BCUT2D eigenvalue weighted by atomic mass is 35.5. The third kappa shape index (κ3) is 7.88. The zero-order valence-electron chi connectivity index (χ0n) is 12.3. The fourth-order valence-electron chi connectivity index (χ4n) is 2.12. The normalized spacial score (nSPS) is 12.8. The number of hydrogen-bond acceptors (Lipinski definition) is 3. The van der Waals surface area contributed by atoms with Crippen LogP contribution < -0.4 is 0 Å². The van der Waals surface area contributed by atoms with Crippen molar-refractivity contribution in [3.8, 4) is 0 Å². The van der Waals surface area contributed by atoms with E-state index in [9.17, 15) is 0 Å². The van der Waals surface area contributed by atoms with Crippen molar-refractivity contribution in [3.63, 3.8) is 0 Å².